The van der Waals surface area contributed by atoms with Gasteiger partial charge in [0.1, 0.15) is 0 Å². The van der Waals surface area contributed by atoms with Crippen LogP contribution in [0.2, 0.25) is 0 Å². The lowest BCUT2D eigenvalue weighted by atomic mass is 10.1. The molecule has 0 unspecified atom stereocenters. The predicted octanol–water partition coefficient (Wildman–Crippen LogP) is 2.94. The highest BCUT2D eigenvalue weighted by atomic mass is 31.1. The fourth-order valence-electron chi connectivity index (χ4n) is 2.37. The van der Waals surface area contributed by atoms with Crippen LogP contribution < -0.4 is 10.6 Å². The number of hydrogen-bond acceptors (Lipinski definition) is 1. The Morgan fingerprint density at radius 3 is 1.81 bits per heavy atom. The van der Waals surface area contributed by atoms with Crippen molar-refractivity contribution in [2.45, 2.75) is 0 Å². The summed E-state index contributed by atoms with van der Waals surface area (Å²) in [5, 5.41) is 11.7. The summed E-state index contributed by atoms with van der Waals surface area (Å²) in [4.78, 5) is 11.5. The van der Waals surface area contributed by atoms with E-state index < -0.39 is 13.9 Å². The van der Waals surface area contributed by atoms with Crippen LogP contribution in [-0.4, -0.2) is 11.1 Å². The summed E-state index contributed by atoms with van der Waals surface area (Å²) in [5.74, 6) is -0.469. The zero-order valence-corrected chi connectivity index (χ0v) is 12.2. The molecule has 2 aromatic carbocycles. The highest BCUT2D eigenvalue weighted by Gasteiger charge is 2.41. The number of hydrogen-bond donors (Lipinski definition) is 1. The van der Waals surface area contributed by atoms with Gasteiger partial charge in [0, 0.05) is 5.66 Å². The third-order valence-corrected chi connectivity index (χ3v) is 5.79. The van der Waals surface area contributed by atoms with Crippen LogP contribution in [0.4, 0.5) is 0 Å². The Morgan fingerprint density at radius 1 is 0.810 bits per heavy atom. The van der Waals surface area contributed by atoms with E-state index in [-0.39, 0.29) is 0 Å². The molecule has 1 saturated carbocycles. The minimum absolute atomic E-state index is 0.397. The van der Waals surface area contributed by atoms with Gasteiger partial charge in [-0.2, -0.15) is 0 Å². The van der Waals surface area contributed by atoms with E-state index in [1.165, 1.54) is 0 Å². The van der Waals surface area contributed by atoms with Crippen molar-refractivity contribution in [1.29, 1.82) is 0 Å². The number of carboxylic acids is 1. The first-order chi connectivity index (χ1) is 10.3. The first kappa shape index (κ1) is 14.3. The minimum atomic E-state index is -0.866. The maximum atomic E-state index is 11.5. The molecule has 1 aliphatic carbocycles. The van der Waals surface area contributed by atoms with Crippen LogP contribution in [0.5, 0.6) is 0 Å². The molecule has 3 heteroatoms. The second-order valence-electron chi connectivity index (χ2n) is 4.64. The lowest BCUT2D eigenvalue weighted by Crippen LogP contribution is -2.22. The summed E-state index contributed by atoms with van der Waals surface area (Å²) in [6.07, 6.45) is 5.42. The second kappa shape index (κ2) is 6.41. The van der Waals surface area contributed by atoms with Crippen LogP contribution >= 0.6 is 7.92 Å². The van der Waals surface area contributed by atoms with Crippen LogP contribution in [0.15, 0.2) is 60.7 Å². The van der Waals surface area contributed by atoms with E-state index >= 15 is 0 Å². The zero-order chi connectivity index (χ0) is 14.7. The lowest BCUT2D eigenvalue weighted by molar-refractivity contribution is -0.134. The van der Waals surface area contributed by atoms with Crippen molar-refractivity contribution in [2.24, 2.45) is 0 Å². The molecule has 3 rings (SSSR count). The summed E-state index contributed by atoms with van der Waals surface area (Å²) >= 11 is 0. The molecule has 0 bridgehead atoms. The average Bonchev–Trinajstić information content (AvgIpc) is 2.99. The maximum Gasteiger partial charge on any atom is 0.312 e. The molecule has 0 aliphatic heterocycles. The first-order valence-corrected chi connectivity index (χ1v) is 8.01. The average molecular weight is 293 g/mol. The predicted molar refractivity (Wildman–Crippen MR) is 86.1 cm³/mol. The Morgan fingerprint density at radius 2 is 1.33 bits per heavy atom. The van der Waals surface area contributed by atoms with Gasteiger partial charge >= 0.3 is 5.97 Å². The molecular formula is C18H14O2P. The fraction of sp³-hybridized carbons (Fsp3) is 0. The summed E-state index contributed by atoms with van der Waals surface area (Å²) in [7, 11) is -0.843. The van der Waals surface area contributed by atoms with Crippen LogP contribution in [0, 0.1) is 30.8 Å². The molecule has 21 heavy (non-hydrogen) atoms. The van der Waals surface area contributed by atoms with E-state index in [4.69, 9.17) is 0 Å². The van der Waals surface area contributed by atoms with E-state index in [0.717, 1.165) is 16.3 Å². The van der Waals surface area contributed by atoms with E-state index in [2.05, 4.69) is 24.3 Å². The molecule has 1 N–H and O–H groups in total. The van der Waals surface area contributed by atoms with Crippen molar-refractivity contribution in [3.8, 4) is 0 Å². The Hall–Kier alpha value is -1.66. The van der Waals surface area contributed by atoms with Crippen molar-refractivity contribution in [3.63, 3.8) is 0 Å². The number of rotatable bonds is 4. The summed E-state index contributed by atoms with van der Waals surface area (Å²) in [6, 6.07) is 20.2. The third-order valence-electron chi connectivity index (χ3n) is 3.29. The maximum absolute atomic E-state index is 11.5. The number of benzene rings is 2. The number of carbonyl (C=O) groups is 1. The van der Waals surface area contributed by atoms with E-state index in [9.17, 15) is 9.90 Å². The van der Waals surface area contributed by atoms with Gasteiger partial charge in [0.05, 0.1) is 5.92 Å². The van der Waals surface area contributed by atoms with Crippen molar-refractivity contribution in [1.82, 2.24) is 0 Å². The third kappa shape index (κ3) is 3.01. The van der Waals surface area contributed by atoms with Gasteiger partial charge < -0.3 is 5.11 Å². The molecule has 0 spiro atoms. The van der Waals surface area contributed by atoms with Gasteiger partial charge in [-0.05, 0) is 37.8 Å². The summed E-state index contributed by atoms with van der Waals surface area (Å²) < 4.78 is 0. The van der Waals surface area contributed by atoms with Gasteiger partial charge in [-0.1, -0.05) is 60.7 Å². The topological polar surface area (TPSA) is 37.3 Å². The van der Waals surface area contributed by atoms with Gasteiger partial charge in [-0.3, -0.25) is 4.79 Å². The number of aliphatic carboxylic acids is 1. The molecule has 0 heterocycles. The van der Waals surface area contributed by atoms with Crippen molar-refractivity contribution in [3.05, 3.63) is 91.5 Å². The molecule has 2 nitrogen and oxygen atoms in total. The van der Waals surface area contributed by atoms with Gasteiger partial charge in [0.15, 0.2) is 0 Å². The van der Waals surface area contributed by atoms with Crippen LogP contribution in [-0.2, 0) is 4.79 Å². The molecule has 1 fully saturated rings. The molecule has 0 amide bonds. The van der Waals surface area contributed by atoms with E-state index in [1.807, 2.05) is 49.2 Å². The quantitative estimate of drug-likeness (QED) is 0.880. The van der Waals surface area contributed by atoms with E-state index in [1.54, 1.807) is 6.42 Å². The largest absolute Gasteiger partial charge is 0.481 e. The Bertz CT molecular complexity index is 558. The smallest absolute Gasteiger partial charge is 0.312 e. The monoisotopic (exact) mass is 293 g/mol. The molecule has 0 saturated heterocycles. The van der Waals surface area contributed by atoms with Crippen molar-refractivity contribution < 1.29 is 9.90 Å². The first-order valence-electron chi connectivity index (χ1n) is 6.66. The second-order valence-corrected chi connectivity index (χ2v) is 6.82. The highest BCUT2D eigenvalue weighted by Crippen LogP contribution is 2.55. The zero-order valence-electron chi connectivity index (χ0n) is 11.3. The van der Waals surface area contributed by atoms with Gasteiger partial charge in [0.2, 0.25) is 0 Å². The fourth-order valence-corrected chi connectivity index (χ4v) is 4.81. The van der Waals surface area contributed by atoms with Crippen molar-refractivity contribution in [2.75, 3.05) is 0 Å². The Labute approximate surface area is 126 Å². The van der Waals surface area contributed by atoms with Crippen molar-refractivity contribution >= 4 is 24.5 Å². The standard InChI is InChI=1S/C18H14O2P/c19-18(20)16-12-7-13-17(16)21(14-8-3-1-4-9-14)15-10-5-2-6-11-15/h1-13H,(H,19,20). The Kier molecular flexibility index (Phi) is 4.36. The lowest BCUT2D eigenvalue weighted by Gasteiger charge is -2.27. The van der Waals surface area contributed by atoms with Crippen LogP contribution in [0.1, 0.15) is 0 Å². The molecule has 0 atom stereocenters. The molecular weight excluding hydrogens is 279 g/mol. The van der Waals surface area contributed by atoms with Gasteiger partial charge in [-0.15, -0.1) is 0 Å². The SMILES string of the molecule is O=C(O)[C]1[CH][CH][CH][C]1P(c1ccccc1)c1ccccc1. The highest BCUT2D eigenvalue weighted by molar-refractivity contribution is 7.76. The van der Waals surface area contributed by atoms with Gasteiger partial charge in [0.25, 0.3) is 0 Å². The summed E-state index contributed by atoms with van der Waals surface area (Å²) in [6.45, 7) is 0. The molecule has 5 radical (unpaired) electrons. The molecule has 103 valence electrons. The molecule has 2 aromatic rings. The van der Waals surface area contributed by atoms with Gasteiger partial charge in [-0.25, -0.2) is 0 Å². The molecule has 1 aliphatic rings. The number of carboxylic acid groups (broad SMARTS) is 1. The Balaban J connectivity index is 2.03. The minimum Gasteiger partial charge on any atom is -0.481 e. The van der Waals surface area contributed by atoms with Crippen LogP contribution in [0.25, 0.3) is 0 Å². The normalized spacial score (nSPS) is 16.4. The molecule has 0 aromatic heterocycles. The van der Waals surface area contributed by atoms with E-state index in [0.29, 0.717) is 5.92 Å². The van der Waals surface area contributed by atoms with Crippen LogP contribution in [0.3, 0.4) is 0 Å². The summed E-state index contributed by atoms with van der Waals surface area (Å²) in [5.41, 5.74) is 0.898.